The Morgan fingerprint density at radius 2 is 1.47 bits per heavy atom. The minimum absolute atomic E-state index is 0.0653. The van der Waals surface area contributed by atoms with E-state index < -0.39 is 11.2 Å². The fourth-order valence-electron chi connectivity index (χ4n) is 6.86. The number of hydrogen-bond acceptors (Lipinski definition) is 8. The van der Waals surface area contributed by atoms with Crippen molar-refractivity contribution in [2.24, 2.45) is 4.99 Å². The maximum absolute atomic E-state index is 12.9. The molecule has 0 saturated carbocycles. The summed E-state index contributed by atoms with van der Waals surface area (Å²) in [5, 5.41) is 6.09. The van der Waals surface area contributed by atoms with Gasteiger partial charge in [0.25, 0.3) is 0 Å². The molecule has 2 saturated heterocycles. The van der Waals surface area contributed by atoms with Gasteiger partial charge in [0.15, 0.2) is 0 Å². The number of carbonyl (C=O) groups excluding carboxylic acids is 2. The smallest absolute Gasteiger partial charge is 0.410 e. The van der Waals surface area contributed by atoms with Crippen LogP contribution in [0.1, 0.15) is 90.7 Å². The molecule has 0 radical (unpaired) electrons. The number of thiophene rings is 1. The highest BCUT2D eigenvalue weighted by atomic mass is 32.1. The Labute approximate surface area is 279 Å². The third-order valence-corrected chi connectivity index (χ3v) is 10.1. The number of aromatic nitrogens is 2. The van der Waals surface area contributed by atoms with Gasteiger partial charge in [0, 0.05) is 38.8 Å². The Kier molecular flexibility index (Phi) is 7.93. The minimum atomic E-state index is -0.538. The van der Waals surface area contributed by atoms with E-state index in [2.05, 4.69) is 46.7 Å². The molecule has 47 heavy (non-hydrogen) atoms. The van der Waals surface area contributed by atoms with Crippen molar-refractivity contribution in [3.8, 4) is 11.3 Å². The monoisotopic (exact) mass is 656 g/mol. The first kappa shape index (κ1) is 31.5. The van der Waals surface area contributed by atoms with Gasteiger partial charge in [0.05, 0.1) is 36.6 Å². The molecule has 0 bridgehead atoms. The predicted octanol–water partition coefficient (Wildman–Crippen LogP) is 7.96. The number of aromatic amines is 1. The molecule has 4 aromatic rings. The van der Waals surface area contributed by atoms with Crippen LogP contribution in [0.3, 0.4) is 0 Å². The number of rotatable bonds is 4. The largest absolute Gasteiger partial charge is 0.444 e. The first-order chi connectivity index (χ1) is 22.3. The molecule has 5 heterocycles. The lowest BCUT2D eigenvalue weighted by molar-refractivity contribution is 0.0216. The Morgan fingerprint density at radius 3 is 2.15 bits per heavy atom. The van der Waals surface area contributed by atoms with Gasteiger partial charge in [0.2, 0.25) is 0 Å². The highest BCUT2D eigenvalue weighted by Crippen LogP contribution is 2.39. The van der Waals surface area contributed by atoms with Crippen molar-refractivity contribution in [2.75, 3.05) is 19.6 Å². The summed E-state index contributed by atoms with van der Waals surface area (Å²) < 4.78 is 13.8. The fraction of sp³-hybridized carbons (Fsp3) is 0.500. The summed E-state index contributed by atoms with van der Waals surface area (Å²) >= 11 is 1.78. The van der Waals surface area contributed by atoms with E-state index in [9.17, 15) is 9.59 Å². The van der Waals surface area contributed by atoms with E-state index in [4.69, 9.17) is 19.5 Å². The molecule has 248 valence electrons. The Bertz CT molecular complexity index is 1860. The minimum Gasteiger partial charge on any atom is -0.444 e. The van der Waals surface area contributed by atoms with Crippen molar-refractivity contribution in [1.82, 2.24) is 25.1 Å². The third kappa shape index (κ3) is 6.42. The van der Waals surface area contributed by atoms with Crippen molar-refractivity contribution >= 4 is 49.5 Å². The average molecular weight is 657 g/mol. The van der Waals surface area contributed by atoms with Crippen LogP contribution in [0.15, 0.2) is 47.6 Å². The molecule has 1 unspecified atom stereocenters. The summed E-state index contributed by atoms with van der Waals surface area (Å²) in [5.41, 5.74) is 2.12. The lowest BCUT2D eigenvalue weighted by atomic mass is 10.0. The molecular formula is C36H44N6O4S. The zero-order valence-corrected chi connectivity index (χ0v) is 28.9. The van der Waals surface area contributed by atoms with Gasteiger partial charge in [-0.05, 0) is 84.9 Å². The summed E-state index contributed by atoms with van der Waals surface area (Å²) in [6, 6.07) is 13.1. The van der Waals surface area contributed by atoms with Crippen molar-refractivity contribution in [3.63, 3.8) is 0 Å². The Morgan fingerprint density at radius 1 is 0.851 bits per heavy atom. The first-order valence-electron chi connectivity index (χ1n) is 16.6. The number of aliphatic imine (C=N–C) groups is 1. The lowest BCUT2D eigenvalue weighted by Gasteiger charge is -2.29. The molecule has 0 aliphatic carbocycles. The molecule has 3 aliphatic heterocycles. The molecule has 7 rings (SSSR count). The molecular weight excluding hydrogens is 613 g/mol. The molecule has 3 aliphatic rings. The average Bonchev–Trinajstić information content (AvgIpc) is 3.83. The van der Waals surface area contributed by atoms with E-state index in [1.807, 2.05) is 52.6 Å². The standard InChI is InChI=1S/C36H44N6O4S/c1-35(2,3)45-33(43)41-15-7-9-27(41)31-37-19-25(39-31)21-11-13-23-24-14-12-22(18-30(24)47-29(23)17-21)26-20-38-32(40-26)28-10-8-16-42(28)34(44)46-36(4,5)6/h11-14,17-19,26-28H,7-10,15-16,20H2,1-6H3,(H,37,39)(H,38,40)/t26?,27-,28-/m0/s1. The Hall–Kier alpha value is -4.12. The molecule has 2 fully saturated rings. The number of carbonyl (C=O) groups is 2. The van der Waals surface area contributed by atoms with E-state index >= 15 is 0 Å². The van der Waals surface area contributed by atoms with E-state index in [0.29, 0.717) is 19.6 Å². The molecule has 11 heteroatoms. The van der Waals surface area contributed by atoms with Gasteiger partial charge in [-0.3, -0.25) is 14.8 Å². The van der Waals surface area contributed by atoms with Gasteiger partial charge in [-0.25, -0.2) is 14.6 Å². The number of hydrogen-bond donors (Lipinski definition) is 2. The van der Waals surface area contributed by atoms with Crippen molar-refractivity contribution in [3.05, 3.63) is 54.0 Å². The predicted molar refractivity (Wildman–Crippen MR) is 186 cm³/mol. The molecule has 3 atom stereocenters. The first-order valence-corrected chi connectivity index (χ1v) is 17.5. The maximum atomic E-state index is 12.9. The van der Waals surface area contributed by atoms with Crippen LogP contribution < -0.4 is 5.32 Å². The van der Waals surface area contributed by atoms with Crippen LogP contribution in [0.2, 0.25) is 0 Å². The lowest BCUT2D eigenvalue weighted by Crippen LogP contribution is -2.46. The summed E-state index contributed by atoms with van der Waals surface area (Å²) in [4.78, 5) is 42.4. The second-order valence-corrected chi connectivity index (χ2v) is 15.9. The zero-order valence-electron chi connectivity index (χ0n) is 28.1. The van der Waals surface area contributed by atoms with Crippen LogP contribution in [0.25, 0.3) is 31.4 Å². The number of benzene rings is 2. The van der Waals surface area contributed by atoms with Gasteiger partial charge >= 0.3 is 12.2 Å². The number of amides is 2. The second-order valence-electron chi connectivity index (χ2n) is 14.8. The van der Waals surface area contributed by atoms with E-state index in [1.165, 1.54) is 25.7 Å². The van der Waals surface area contributed by atoms with E-state index in [0.717, 1.165) is 48.6 Å². The molecule has 10 nitrogen and oxygen atoms in total. The fourth-order valence-corrected chi connectivity index (χ4v) is 8.05. The van der Waals surface area contributed by atoms with Gasteiger partial charge in [-0.1, -0.05) is 24.3 Å². The highest BCUT2D eigenvalue weighted by molar-refractivity contribution is 7.25. The van der Waals surface area contributed by atoms with Crippen LogP contribution in [0, 0.1) is 0 Å². The van der Waals surface area contributed by atoms with Gasteiger partial charge in [-0.15, -0.1) is 11.3 Å². The number of nitrogens with one attached hydrogen (secondary N) is 2. The van der Waals surface area contributed by atoms with Crippen molar-refractivity contribution < 1.29 is 19.1 Å². The molecule has 2 N–H and O–H groups in total. The number of amidine groups is 1. The van der Waals surface area contributed by atoms with Crippen LogP contribution in [-0.2, 0) is 9.47 Å². The normalized spacial score (nSPS) is 21.8. The SMILES string of the molecule is CC(C)(C)OC(=O)N1CCC[C@H]1C1=NCC(c2ccc3c(c2)sc2cc(-c4cnc([C@@H]5CCCN5C(=O)OC(C)(C)C)[nH]4)ccc23)N1. The van der Waals surface area contributed by atoms with E-state index in [1.54, 1.807) is 16.2 Å². The zero-order chi connectivity index (χ0) is 33.1. The third-order valence-electron chi connectivity index (χ3n) is 8.97. The van der Waals surface area contributed by atoms with Crippen LogP contribution in [-0.4, -0.2) is 74.7 Å². The van der Waals surface area contributed by atoms with Crippen LogP contribution in [0.5, 0.6) is 0 Å². The molecule has 2 aromatic heterocycles. The number of ether oxygens (including phenoxy) is 2. The van der Waals surface area contributed by atoms with Crippen LogP contribution in [0.4, 0.5) is 9.59 Å². The topological polar surface area (TPSA) is 112 Å². The quantitative estimate of drug-likeness (QED) is 0.231. The number of fused-ring (bicyclic) bond motifs is 3. The summed E-state index contributed by atoms with van der Waals surface area (Å²) in [7, 11) is 0. The number of nitrogens with zero attached hydrogens (tertiary/aromatic N) is 4. The van der Waals surface area contributed by atoms with Crippen LogP contribution >= 0.6 is 11.3 Å². The molecule has 0 spiro atoms. The van der Waals surface area contributed by atoms with Gasteiger partial charge in [0.1, 0.15) is 22.9 Å². The van der Waals surface area contributed by atoms with Gasteiger partial charge in [-0.2, -0.15) is 0 Å². The van der Waals surface area contributed by atoms with Crippen molar-refractivity contribution in [1.29, 1.82) is 0 Å². The van der Waals surface area contributed by atoms with E-state index in [-0.39, 0.29) is 30.3 Å². The van der Waals surface area contributed by atoms with Gasteiger partial charge < -0.3 is 19.8 Å². The number of imidazole rings is 1. The Balaban J connectivity index is 1.06. The second kappa shape index (κ2) is 11.8. The van der Waals surface area contributed by atoms with Crippen molar-refractivity contribution in [2.45, 2.75) is 96.6 Å². The maximum Gasteiger partial charge on any atom is 0.410 e. The summed E-state index contributed by atoms with van der Waals surface area (Å²) in [5.74, 6) is 1.67. The molecule has 2 amide bonds. The number of H-pyrrole nitrogens is 1. The summed E-state index contributed by atoms with van der Waals surface area (Å²) in [6.07, 6.45) is 4.91. The number of likely N-dealkylation sites (tertiary alicyclic amines) is 2. The highest BCUT2D eigenvalue weighted by Gasteiger charge is 2.38. The summed E-state index contributed by atoms with van der Waals surface area (Å²) in [6.45, 7) is 13.4. The molecule has 2 aromatic carbocycles.